The molecule has 0 aliphatic heterocycles. The molecule has 1 amide bonds. The van der Waals surface area contributed by atoms with Crippen LogP contribution in [0.15, 0.2) is 36.5 Å². The third-order valence-corrected chi connectivity index (χ3v) is 13.7. The molecular formula is C61H115NO5. The van der Waals surface area contributed by atoms with Crippen molar-refractivity contribution in [3.8, 4) is 0 Å². The van der Waals surface area contributed by atoms with E-state index < -0.39 is 12.1 Å². The molecule has 0 saturated carbocycles. The molecule has 0 bridgehead atoms. The number of amides is 1. The third-order valence-electron chi connectivity index (χ3n) is 13.7. The summed E-state index contributed by atoms with van der Waals surface area (Å²) in [6, 6.07) is -0.636. The molecule has 0 aliphatic carbocycles. The molecule has 2 unspecified atom stereocenters. The Labute approximate surface area is 417 Å². The van der Waals surface area contributed by atoms with E-state index >= 15 is 0 Å². The van der Waals surface area contributed by atoms with Gasteiger partial charge in [0.1, 0.15) is 0 Å². The maximum atomic E-state index is 12.5. The topological polar surface area (TPSA) is 95.9 Å². The van der Waals surface area contributed by atoms with Crippen LogP contribution in [0.25, 0.3) is 0 Å². The lowest BCUT2D eigenvalue weighted by Crippen LogP contribution is -2.45. The molecule has 0 saturated heterocycles. The molecule has 394 valence electrons. The van der Waals surface area contributed by atoms with Gasteiger partial charge in [0.2, 0.25) is 5.91 Å². The average molecular weight is 943 g/mol. The summed E-state index contributed by atoms with van der Waals surface area (Å²) in [5.41, 5.74) is 0. The molecule has 0 aromatic rings. The van der Waals surface area contributed by atoms with Crippen LogP contribution >= 0.6 is 0 Å². The van der Waals surface area contributed by atoms with Gasteiger partial charge in [-0.3, -0.25) is 9.59 Å². The van der Waals surface area contributed by atoms with Crippen LogP contribution < -0.4 is 5.32 Å². The minimum absolute atomic E-state index is 0.0119. The summed E-state index contributed by atoms with van der Waals surface area (Å²) in [6.45, 7) is 4.88. The van der Waals surface area contributed by atoms with Gasteiger partial charge in [0, 0.05) is 12.8 Å². The summed E-state index contributed by atoms with van der Waals surface area (Å²) in [6.07, 6.45) is 70.3. The zero-order valence-electron chi connectivity index (χ0n) is 44.9. The Morgan fingerprint density at radius 1 is 0.418 bits per heavy atom. The van der Waals surface area contributed by atoms with Gasteiger partial charge in [0.05, 0.1) is 25.4 Å². The minimum atomic E-state index is -0.851. The highest BCUT2D eigenvalue weighted by atomic mass is 16.5. The Bertz CT molecular complexity index is 1090. The van der Waals surface area contributed by atoms with Crippen LogP contribution in [0.3, 0.4) is 0 Å². The first-order valence-corrected chi connectivity index (χ1v) is 29.8. The van der Waals surface area contributed by atoms with Crippen molar-refractivity contribution in [2.24, 2.45) is 0 Å². The molecule has 0 aromatic heterocycles. The lowest BCUT2D eigenvalue weighted by molar-refractivity contribution is -0.143. The van der Waals surface area contributed by atoms with Crippen LogP contribution in [0.4, 0.5) is 0 Å². The molecule has 6 nitrogen and oxygen atoms in total. The lowest BCUT2D eigenvalue weighted by atomic mass is 10.0. The predicted molar refractivity (Wildman–Crippen MR) is 292 cm³/mol. The van der Waals surface area contributed by atoms with E-state index in [-0.39, 0.29) is 18.5 Å². The van der Waals surface area contributed by atoms with Gasteiger partial charge in [-0.05, 0) is 64.2 Å². The Kier molecular flexibility index (Phi) is 55.0. The molecule has 67 heavy (non-hydrogen) atoms. The summed E-state index contributed by atoms with van der Waals surface area (Å²) in [7, 11) is 0. The van der Waals surface area contributed by atoms with Crippen LogP contribution in [-0.2, 0) is 14.3 Å². The number of aliphatic hydroxyl groups is 2. The van der Waals surface area contributed by atoms with Crippen molar-refractivity contribution in [2.45, 2.75) is 328 Å². The number of unbranched alkanes of at least 4 members (excludes halogenated alkanes) is 41. The summed E-state index contributed by atoms with van der Waals surface area (Å²) in [5.74, 6) is -0.0883. The standard InChI is InChI=1S/C61H115NO5/c1-3-5-7-9-11-13-15-17-19-23-26-29-33-37-41-45-49-53-59(64)58(57-63)62-60(65)54-50-46-42-38-34-30-27-24-21-20-22-25-28-32-36-40-44-48-52-56-67-61(66)55-51-47-43-39-35-31-18-16-14-12-10-8-6-4-2/h25,28,32,36,49,53,58-59,63-64H,3-24,26-27,29-31,33-35,37-48,50-52,54-57H2,1-2H3,(H,62,65)/b28-25-,36-32-,53-49+. The SMILES string of the molecule is CCCCCCCCCCCCCCCCC/C=C/C(O)C(CO)NC(=O)CCCCCCCCCCCC/C=C\C=C/CCCCCOC(=O)CCCCCCCCCCCCCCCC. The molecule has 0 rings (SSSR count). The second-order valence-electron chi connectivity index (χ2n) is 20.4. The van der Waals surface area contributed by atoms with Crippen LogP contribution in [0.1, 0.15) is 316 Å². The molecule has 0 spiro atoms. The molecule has 0 heterocycles. The zero-order valence-corrected chi connectivity index (χ0v) is 44.9. The molecule has 0 radical (unpaired) electrons. The first-order valence-electron chi connectivity index (χ1n) is 29.8. The van der Waals surface area contributed by atoms with E-state index in [0.29, 0.717) is 19.4 Å². The van der Waals surface area contributed by atoms with E-state index in [9.17, 15) is 19.8 Å². The summed E-state index contributed by atoms with van der Waals surface area (Å²) in [5, 5.41) is 23.1. The maximum absolute atomic E-state index is 12.5. The molecule has 2 atom stereocenters. The van der Waals surface area contributed by atoms with Crippen molar-refractivity contribution in [3.05, 3.63) is 36.5 Å². The fourth-order valence-electron chi connectivity index (χ4n) is 9.10. The van der Waals surface area contributed by atoms with Gasteiger partial charge >= 0.3 is 5.97 Å². The van der Waals surface area contributed by atoms with Crippen LogP contribution in [-0.4, -0.2) is 47.4 Å². The summed E-state index contributed by atoms with van der Waals surface area (Å²) < 4.78 is 5.45. The van der Waals surface area contributed by atoms with Crippen molar-refractivity contribution in [1.29, 1.82) is 0 Å². The predicted octanol–water partition coefficient (Wildman–Crippen LogP) is 18.4. The van der Waals surface area contributed by atoms with Gasteiger partial charge in [0.25, 0.3) is 0 Å². The van der Waals surface area contributed by atoms with Gasteiger partial charge < -0.3 is 20.3 Å². The number of hydrogen-bond donors (Lipinski definition) is 3. The highest BCUT2D eigenvalue weighted by Crippen LogP contribution is 2.17. The van der Waals surface area contributed by atoms with E-state index in [1.165, 1.54) is 212 Å². The van der Waals surface area contributed by atoms with Crippen molar-refractivity contribution in [3.63, 3.8) is 0 Å². The normalized spacial score (nSPS) is 12.8. The van der Waals surface area contributed by atoms with Crippen LogP contribution in [0.5, 0.6) is 0 Å². The van der Waals surface area contributed by atoms with E-state index in [4.69, 9.17) is 4.74 Å². The number of nitrogens with one attached hydrogen (secondary N) is 1. The number of esters is 1. The monoisotopic (exact) mass is 942 g/mol. The summed E-state index contributed by atoms with van der Waals surface area (Å²) >= 11 is 0. The molecule has 3 N–H and O–H groups in total. The molecule has 6 heteroatoms. The molecule has 0 aliphatic rings. The first-order chi connectivity index (χ1) is 33.0. The number of carbonyl (C=O) groups is 2. The lowest BCUT2D eigenvalue weighted by Gasteiger charge is -2.20. The van der Waals surface area contributed by atoms with E-state index in [1.54, 1.807) is 6.08 Å². The fourth-order valence-corrected chi connectivity index (χ4v) is 9.10. The van der Waals surface area contributed by atoms with Crippen molar-refractivity contribution in [2.75, 3.05) is 13.2 Å². The largest absolute Gasteiger partial charge is 0.466 e. The summed E-state index contributed by atoms with van der Waals surface area (Å²) in [4.78, 5) is 24.5. The maximum Gasteiger partial charge on any atom is 0.305 e. The van der Waals surface area contributed by atoms with E-state index in [1.807, 2.05) is 6.08 Å². The Hall–Kier alpha value is -1.92. The quantitative estimate of drug-likeness (QED) is 0.0244. The van der Waals surface area contributed by atoms with Crippen molar-refractivity contribution >= 4 is 11.9 Å². The highest BCUT2D eigenvalue weighted by molar-refractivity contribution is 5.76. The second kappa shape index (κ2) is 56.7. The number of rotatable bonds is 55. The Balaban J connectivity index is 3.50. The van der Waals surface area contributed by atoms with Crippen LogP contribution in [0, 0.1) is 0 Å². The highest BCUT2D eigenvalue weighted by Gasteiger charge is 2.18. The fraction of sp³-hybridized carbons (Fsp3) is 0.869. The number of allylic oxidation sites excluding steroid dienone is 5. The Morgan fingerprint density at radius 2 is 0.731 bits per heavy atom. The van der Waals surface area contributed by atoms with Gasteiger partial charge in [0.15, 0.2) is 0 Å². The molecule has 0 fully saturated rings. The molecular weight excluding hydrogens is 827 g/mol. The number of carbonyl (C=O) groups excluding carboxylic acids is 2. The molecule has 0 aromatic carbocycles. The second-order valence-corrected chi connectivity index (χ2v) is 20.4. The van der Waals surface area contributed by atoms with Gasteiger partial charge in [-0.1, -0.05) is 275 Å². The Morgan fingerprint density at radius 3 is 1.10 bits per heavy atom. The van der Waals surface area contributed by atoms with Gasteiger partial charge in [-0.2, -0.15) is 0 Å². The number of aliphatic hydroxyl groups excluding tert-OH is 2. The van der Waals surface area contributed by atoms with Crippen molar-refractivity contribution < 1.29 is 24.5 Å². The van der Waals surface area contributed by atoms with Gasteiger partial charge in [-0.15, -0.1) is 0 Å². The first kappa shape index (κ1) is 65.1. The smallest absolute Gasteiger partial charge is 0.305 e. The zero-order chi connectivity index (χ0) is 48.6. The average Bonchev–Trinajstić information content (AvgIpc) is 3.33. The van der Waals surface area contributed by atoms with E-state index in [0.717, 1.165) is 77.0 Å². The van der Waals surface area contributed by atoms with Crippen LogP contribution in [0.2, 0.25) is 0 Å². The minimum Gasteiger partial charge on any atom is -0.466 e. The van der Waals surface area contributed by atoms with Gasteiger partial charge in [-0.25, -0.2) is 0 Å². The van der Waals surface area contributed by atoms with Crippen molar-refractivity contribution in [1.82, 2.24) is 5.32 Å². The number of hydrogen-bond acceptors (Lipinski definition) is 5. The van der Waals surface area contributed by atoms with E-state index in [2.05, 4.69) is 43.5 Å². The number of ether oxygens (including phenoxy) is 1. The third kappa shape index (κ3) is 53.3.